The summed E-state index contributed by atoms with van der Waals surface area (Å²) in [6, 6.07) is 3.35. The summed E-state index contributed by atoms with van der Waals surface area (Å²) in [5.41, 5.74) is 1.08. The number of rotatable bonds is 2. The van der Waals surface area contributed by atoms with Crippen LogP contribution in [-0.4, -0.2) is 20.6 Å². The van der Waals surface area contributed by atoms with E-state index in [4.69, 9.17) is 0 Å². The van der Waals surface area contributed by atoms with Gasteiger partial charge >= 0.3 is 0 Å². The molecule has 3 rings (SSSR count). The van der Waals surface area contributed by atoms with Gasteiger partial charge in [-0.25, -0.2) is 8.91 Å². The fourth-order valence-corrected chi connectivity index (χ4v) is 2.61. The van der Waals surface area contributed by atoms with E-state index in [1.165, 1.54) is 16.8 Å². The van der Waals surface area contributed by atoms with Gasteiger partial charge in [-0.05, 0) is 23.0 Å². The van der Waals surface area contributed by atoms with Gasteiger partial charge in [0, 0.05) is 6.04 Å². The molecule has 1 N–H and O–H groups in total. The van der Waals surface area contributed by atoms with Crippen molar-refractivity contribution in [3.05, 3.63) is 24.1 Å². The minimum Gasteiger partial charge on any atom is -0.349 e. The summed E-state index contributed by atoms with van der Waals surface area (Å²) in [5, 5.41) is 7.58. The minimum atomic E-state index is -0.314. The first-order valence-electron chi connectivity index (χ1n) is 6.11. The molecule has 0 aromatic carbocycles. The standard InChI is InChI=1S/C13H17FN4/c1-12(2)10(13(12,3)4)16-11-15-9-6-5-8(14)7-18(9)17-11/h5-7,10H,1-4H3,(H,16,17). The van der Waals surface area contributed by atoms with Crippen molar-refractivity contribution in [3.8, 4) is 0 Å². The Kier molecular flexibility index (Phi) is 2.04. The molecule has 4 nitrogen and oxygen atoms in total. The lowest BCUT2D eigenvalue weighted by Crippen LogP contribution is -2.11. The lowest BCUT2D eigenvalue weighted by Gasteiger charge is -2.02. The van der Waals surface area contributed by atoms with Gasteiger partial charge < -0.3 is 5.32 Å². The van der Waals surface area contributed by atoms with E-state index in [0.717, 1.165) is 0 Å². The molecule has 0 amide bonds. The average Bonchev–Trinajstić information content (AvgIpc) is 2.64. The monoisotopic (exact) mass is 248 g/mol. The topological polar surface area (TPSA) is 42.2 Å². The third-order valence-corrected chi connectivity index (χ3v) is 4.59. The van der Waals surface area contributed by atoms with Crippen LogP contribution in [0.1, 0.15) is 27.7 Å². The number of nitrogens with zero attached hydrogens (tertiary/aromatic N) is 3. The van der Waals surface area contributed by atoms with Crippen molar-refractivity contribution in [2.24, 2.45) is 10.8 Å². The Morgan fingerprint density at radius 2 is 1.89 bits per heavy atom. The van der Waals surface area contributed by atoms with Gasteiger partial charge in [0.2, 0.25) is 5.95 Å². The number of hydrogen-bond donors (Lipinski definition) is 1. The van der Waals surface area contributed by atoms with E-state index in [9.17, 15) is 4.39 Å². The van der Waals surface area contributed by atoms with Crippen LogP contribution in [0.4, 0.5) is 10.3 Å². The van der Waals surface area contributed by atoms with E-state index in [1.807, 2.05) is 0 Å². The Balaban J connectivity index is 1.89. The molecular formula is C13H17FN4. The van der Waals surface area contributed by atoms with Crippen LogP contribution in [-0.2, 0) is 0 Å². The predicted octanol–water partition coefficient (Wildman–Crippen LogP) is 2.71. The molecule has 2 aromatic rings. The smallest absolute Gasteiger partial charge is 0.243 e. The first-order valence-corrected chi connectivity index (χ1v) is 6.11. The Morgan fingerprint density at radius 3 is 2.50 bits per heavy atom. The SMILES string of the molecule is CC1(C)C(Nc2nc3ccc(F)cn3n2)C1(C)C. The molecular weight excluding hydrogens is 231 g/mol. The second-order valence-electron chi connectivity index (χ2n) is 6.11. The lowest BCUT2D eigenvalue weighted by atomic mass is 10.0. The van der Waals surface area contributed by atoms with Gasteiger partial charge in [0.1, 0.15) is 5.82 Å². The van der Waals surface area contributed by atoms with Gasteiger partial charge in [0.25, 0.3) is 0 Å². The van der Waals surface area contributed by atoms with Crippen LogP contribution in [0.25, 0.3) is 5.65 Å². The number of aromatic nitrogens is 3. The Morgan fingerprint density at radius 1 is 1.22 bits per heavy atom. The largest absolute Gasteiger partial charge is 0.349 e. The van der Waals surface area contributed by atoms with Gasteiger partial charge in [-0.3, -0.25) is 0 Å². The highest BCUT2D eigenvalue weighted by Gasteiger charge is 2.65. The maximum atomic E-state index is 13.1. The molecule has 96 valence electrons. The Bertz CT molecular complexity index is 600. The molecule has 18 heavy (non-hydrogen) atoms. The Labute approximate surface area is 105 Å². The van der Waals surface area contributed by atoms with Gasteiger partial charge in [0.05, 0.1) is 6.20 Å². The molecule has 0 radical (unpaired) electrons. The van der Waals surface area contributed by atoms with Crippen LogP contribution < -0.4 is 5.32 Å². The van der Waals surface area contributed by atoms with E-state index in [-0.39, 0.29) is 16.6 Å². The van der Waals surface area contributed by atoms with Crippen LogP contribution in [0.3, 0.4) is 0 Å². The van der Waals surface area contributed by atoms with E-state index in [1.54, 1.807) is 6.07 Å². The molecule has 1 saturated carbocycles. The van der Waals surface area contributed by atoms with Crippen LogP contribution in [0.5, 0.6) is 0 Å². The van der Waals surface area contributed by atoms with Gasteiger partial charge in [-0.2, -0.15) is 4.98 Å². The highest BCUT2D eigenvalue weighted by atomic mass is 19.1. The van der Waals surface area contributed by atoms with Gasteiger partial charge in [-0.1, -0.05) is 27.7 Å². The molecule has 1 aliphatic carbocycles. The summed E-state index contributed by atoms with van der Waals surface area (Å²) in [7, 11) is 0. The first-order chi connectivity index (χ1) is 8.32. The number of anilines is 1. The molecule has 1 aliphatic rings. The molecule has 0 atom stereocenters. The number of pyridine rings is 1. The van der Waals surface area contributed by atoms with E-state index >= 15 is 0 Å². The fraction of sp³-hybridized carbons (Fsp3) is 0.538. The van der Waals surface area contributed by atoms with Gasteiger partial charge in [-0.15, -0.1) is 5.10 Å². The zero-order valence-electron chi connectivity index (χ0n) is 11.0. The summed E-state index contributed by atoms with van der Waals surface area (Å²) >= 11 is 0. The zero-order valence-corrected chi connectivity index (χ0v) is 11.0. The predicted molar refractivity (Wildman–Crippen MR) is 67.9 cm³/mol. The number of fused-ring (bicyclic) bond motifs is 1. The summed E-state index contributed by atoms with van der Waals surface area (Å²) in [4.78, 5) is 4.34. The lowest BCUT2D eigenvalue weighted by molar-refractivity contribution is 0.457. The highest BCUT2D eigenvalue weighted by Crippen LogP contribution is 2.63. The third kappa shape index (κ3) is 1.43. The second kappa shape index (κ2) is 3.22. The van der Waals surface area contributed by atoms with Crippen LogP contribution in [0.2, 0.25) is 0 Å². The van der Waals surface area contributed by atoms with Crippen molar-refractivity contribution in [2.75, 3.05) is 5.32 Å². The first kappa shape index (κ1) is 11.4. The summed E-state index contributed by atoms with van der Waals surface area (Å²) < 4.78 is 14.5. The van der Waals surface area contributed by atoms with Crippen molar-refractivity contribution in [1.82, 2.24) is 14.6 Å². The van der Waals surface area contributed by atoms with Gasteiger partial charge in [0.15, 0.2) is 5.65 Å². The van der Waals surface area contributed by atoms with Crippen molar-refractivity contribution < 1.29 is 4.39 Å². The average molecular weight is 248 g/mol. The van der Waals surface area contributed by atoms with Crippen LogP contribution in [0, 0.1) is 16.6 Å². The van der Waals surface area contributed by atoms with Crippen LogP contribution in [0.15, 0.2) is 18.3 Å². The molecule has 0 unspecified atom stereocenters. The van der Waals surface area contributed by atoms with Crippen molar-refractivity contribution >= 4 is 11.6 Å². The highest BCUT2D eigenvalue weighted by molar-refractivity contribution is 5.45. The van der Waals surface area contributed by atoms with Crippen molar-refractivity contribution in [1.29, 1.82) is 0 Å². The summed E-state index contributed by atoms with van der Waals surface area (Å²) in [5.74, 6) is 0.246. The fourth-order valence-electron chi connectivity index (χ4n) is 2.61. The van der Waals surface area contributed by atoms with Crippen LogP contribution >= 0.6 is 0 Å². The number of hydrogen-bond acceptors (Lipinski definition) is 3. The maximum Gasteiger partial charge on any atom is 0.243 e. The number of halogens is 1. The molecule has 5 heteroatoms. The second-order valence-corrected chi connectivity index (χ2v) is 6.11. The Hall–Kier alpha value is -1.65. The molecule has 1 fully saturated rings. The molecule has 0 saturated heterocycles. The molecule has 0 spiro atoms. The maximum absolute atomic E-state index is 13.1. The van der Waals surface area contributed by atoms with E-state index < -0.39 is 0 Å². The zero-order chi connectivity index (χ0) is 13.1. The number of nitrogens with one attached hydrogen (secondary N) is 1. The normalized spacial score (nSPS) is 21.2. The van der Waals surface area contributed by atoms with Crippen molar-refractivity contribution in [3.63, 3.8) is 0 Å². The van der Waals surface area contributed by atoms with Crippen molar-refractivity contribution in [2.45, 2.75) is 33.7 Å². The van der Waals surface area contributed by atoms with E-state index in [2.05, 4.69) is 43.1 Å². The quantitative estimate of drug-likeness (QED) is 0.888. The molecule has 2 aromatic heterocycles. The molecule has 0 bridgehead atoms. The third-order valence-electron chi connectivity index (χ3n) is 4.59. The van der Waals surface area contributed by atoms with E-state index in [0.29, 0.717) is 17.6 Å². The minimum absolute atomic E-state index is 0.218. The summed E-state index contributed by atoms with van der Waals surface area (Å²) in [6.07, 6.45) is 1.33. The molecule has 0 aliphatic heterocycles. The summed E-state index contributed by atoms with van der Waals surface area (Å²) in [6.45, 7) is 8.89. The molecule has 2 heterocycles.